The van der Waals surface area contributed by atoms with Crippen molar-refractivity contribution in [3.63, 3.8) is 0 Å². The molecule has 1 aliphatic rings. The number of aliphatic imine (C=N–C) groups is 2. The molecule has 0 fully saturated rings. The zero-order chi connectivity index (χ0) is 11.5. The molecule has 82 valence electrons. The van der Waals surface area contributed by atoms with Gasteiger partial charge in [0.15, 0.2) is 5.84 Å². The van der Waals surface area contributed by atoms with Crippen LogP contribution in [0.15, 0.2) is 33.7 Å². The molecule has 15 heavy (non-hydrogen) atoms. The van der Waals surface area contributed by atoms with Gasteiger partial charge in [-0.3, -0.25) is 0 Å². The van der Waals surface area contributed by atoms with Crippen LogP contribution in [0, 0.1) is 5.41 Å². The van der Waals surface area contributed by atoms with Gasteiger partial charge < -0.3 is 11.1 Å². The molecule has 4 heteroatoms. The molecule has 1 rings (SSSR count). The van der Waals surface area contributed by atoms with Crippen molar-refractivity contribution in [2.75, 3.05) is 0 Å². The smallest absolute Gasteiger partial charge is 0.177 e. The van der Waals surface area contributed by atoms with Crippen LogP contribution in [0.5, 0.6) is 0 Å². The van der Waals surface area contributed by atoms with Crippen LogP contribution in [0.1, 0.15) is 27.7 Å². The Morgan fingerprint density at radius 2 is 2.20 bits per heavy atom. The van der Waals surface area contributed by atoms with E-state index < -0.39 is 0 Å². The number of hydrogen-bond donors (Lipinski definition) is 2. The summed E-state index contributed by atoms with van der Waals surface area (Å²) in [6, 6.07) is 0. The van der Waals surface area contributed by atoms with Crippen molar-refractivity contribution in [1.29, 1.82) is 0 Å². The van der Waals surface area contributed by atoms with E-state index in [9.17, 15) is 0 Å². The van der Waals surface area contributed by atoms with Gasteiger partial charge in [0.2, 0.25) is 0 Å². The third-order valence-corrected chi connectivity index (χ3v) is 2.09. The van der Waals surface area contributed by atoms with Crippen LogP contribution in [0.2, 0.25) is 0 Å². The fraction of sp³-hybridized carbons (Fsp3) is 0.455. The van der Waals surface area contributed by atoms with Gasteiger partial charge in [0.25, 0.3) is 0 Å². The van der Waals surface area contributed by atoms with Crippen LogP contribution in [-0.2, 0) is 0 Å². The quantitative estimate of drug-likeness (QED) is 0.686. The Hall–Kier alpha value is -1.58. The maximum absolute atomic E-state index is 5.56. The second-order valence-electron chi connectivity index (χ2n) is 4.34. The standard InChI is InChI=1S/C11H18N4/c1-5-8-10(14-7-13-8)15-9(6-12)11(2,3)4/h5-7H,12H2,1-4H3,(H,13,14,15)/b8-5+,9-6-. The summed E-state index contributed by atoms with van der Waals surface area (Å²) in [4.78, 5) is 8.58. The van der Waals surface area contributed by atoms with Crippen molar-refractivity contribution in [2.45, 2.75) is 27.7 Å². The minimum atomic E-state index is -0.0707. The molecule has 0 aliphatic carbocycles. The van der Waals surface area contributed by atoms with Gasteiger partial charge in [-0.1, -0.05) is 26.8 Å². The second-order valence-corrected chi connectivity index (χ2v) is 4.34. The molecule has 0 unspecified atom stereocenters. The van der Waals surface area contributed by atoms with Gasteiger partial charge in [-0.15, -0.1) is 0 Å². The van der Waals surface area contributed by atoms with Crippen molar-refractivity contribution in [1.82, 2.24) is 5.32 Å². The Morgan fingerprint density at radius 1 is 1.53 bits per heavy atom. The maximum Gasteiger partial charge on any atom is 0.177 e. The molecule has 1 heterocycles. The first-order chi connectivity index (χ1) is 6.99. The van der Waals surface area contributed by atoms with E-state index in [0.717, 1.165) is 11.4 Å². The van der Waals surface area contributed by atoms with E-state index in [1.165, 1.54) is 6.20 Å². The third kappa shape index (κ3) is 2.68. The normalized spacial score (nSPS) is 22.5. The molecule has 0 radical (unpaired) electrons. The predicted octanol–water partition coefficient (Wildman–Crippen LogP) is 1.77. The number of amidine groups is 1. The average Bonchev–Trinajstić information content (AvgIpc) is 2.59. The molecule has 0 saturated carbocycles. The highest BCUT2D eigenvalue weighted by atomic mass is 15.1. The zero-order valence-electron chi connectivity index (χ0n) is 9.70. The van der Waals surface area contributed by atoms with E-state index in [1.54, 1.807) is 6.34 Å². The molecule has 0 aromatic heterocycles. The molecular formula is C11H18N4. The zero-order valence-corrected chi connectivity index (χ0v) is 9.70. The number of rotatable bonds is 1. The number of allylic oxidation sites excluding steroid dienone is 2. The van der Waals surface area contributed by atoms with Gasteiger partial charge in [-0.25, -0.2) is 9.98 Å². The lowest BCUT2D eigenvalue weighted by Gasteiger charge is -2.18. The molecule has 0 aromatic rings. The van der Waals surface area contributed by atoms with Gasteiger partial charge in [0, 0.05) is 11.6 Å². The summed E-state index contributed by atoms with van der Waals surface area (Å²) in [6.07, 6.45) is 5.10. The van der Waals surface area contributed by atoms with Crippen molar-refractivity contribution in [3.05, 3.63) is 23.7 Å². The first-order valence-corrected chi connectivity index (χ1v) is 4.96. The van der Waals surface area contributed by atoms with Crippen molar-refractivity contribution >= 4 is 12.2 Å². The molecule has 0 aromatic carbocycles. The highest BCUT2D eigenvalue weighted by molar-refractivity contribution is 6.08. The Bertz CT molecular complexity index is 353. The van der Waals surface area contributed by atoms with E-state index >= 15 is 0 Å². The highest BCUT2D eigenvalue weighted by Gasteiger charge is 2.18. The minimum absolute atomic E-state index is 0.0707. The number of nitrogens with one attached hydrogen (secondary N) is 1. The van der Waals surface area contributed by atoms with Gasteiger partial charge >= 0.3 is 0 Å². The van der Waals surface area contributed by atoms with Crippen LogP contribution in [0.4, 0.5) is 0 Å². The Morgan fingerprint density at radius 3 is 2.67 bits per heavy atom. The second kappa shape index (κ2) is 4.29. The first-order valence-electron chi connectivity index (χ1n) is 4.96. The van der Waals surface area contributed by atoms with Crippen LogP contribution in [0.25, 0.3) is 0 Å². The molecule has 4 nitrogen and oxygen atoms in total. The van der Waals surface area contributed by atoms with Crippen LogP contribution < -0.4 is 11.1 Å². The molecule has 0 saturated heterocycles. The maximum atomic E-state index is 5.56. The molecule has 1 aliphatic heterocycles. The van der Waals surface area contributed by atoms with Crippen molar-refractivity contribution in [2.24, 2.45) is 21.1 Å². The number of hydrogen-bond acceptors (Lipinski definition) is 3. The minimum Gasteiger partial charge on any atom is -0.403 e. The number of nitrogens with zero attached hydrogens (tertiary/aromatic N) is 2. The molecule has 0 bridgehead atoms. The Balaban J connectivity index is 3.01. The lowest BCUT2D eigenvalue weighted by atomic mass is 9.93. The summed E-state index contributed by atoms with van der Waals surface area (Å²) < 4.78 is 0. The van der Waals surface area contributed by atoms with Gasteiger partial charge in [-0.2, -0.15) is 0 Å². The van der Waals surface area contributed by atoms with E-state index in [-0.39, 0.29) is 5.41 Å². The third-order valence-electron chi connectivity index (χ3n) is 2.09. The van der Waals surface area contributed by atoms with E-state index in [2.05, 4.69) is 36.1 Å². The summed E-state index contributed by atoms with van der Waals surface area (Å²) in [5.41, 5.74) is 7.24. The summed E-state index contributed by atoms with van der Waals surface area (Å²) >= 11 is 0. The molecule has 0 spiro atoms. The molecule has 0 amide bonds. The number of nitrogens with two attached hydrogens (primary N) is 1. The van der Waals surface area contributed by atoms with Crippen LogP contribution in [0.3, 0.4) is 0 Å². The fourth-order valence-electron chi connectivity index (χ4n) is 1.17. The fourth-order valence-corrected chi connectivity index (χ4v) is 1.17. The lowest BCUT2D eigenvalue weighted by Crippen LogP contribution is -2.13. The molecule has 0 atom stereocenters. The first kappa shape index (κ1) is 11.5. The average molecular weight is 206 g/mol. The van der Waals surface area contributed by atoms with E-state index in [1.807, 2.05) is 13.0 Å². The van der Waals surface area contributed by atoms with Crippen LogP contribution >= 0.6 is 0 Å². The van der Waals surface area contributed by atoms with Crippen LogP contribution in [-0.4, -0.2) is 12.2 Å². The molecule has 3 N–H and O–H groups in total. The highest BCUT2D eigenvalue weighted by Crippen LogP contribution is 2.26. The monoisotopic (exact) mass is 206 g/mol. The Kier molecular flexibility index (Phi) is 3.29. The predicted molar refractivity (Wildman–Crippen MR) is 64.5 cm³/mol. The lowest BCUT2D eigenvalue weighted by molar-refractivity contribution is 0.497. The summed E-state index contributed by atoms with van der Waals surface area (Å²) in [6.45, 7) is 8.14. The summed E-state index contributed by atoms with van der Waals surface area (Å²) in [5, 5.41) is 3.01. The Labute approximate surface area is 90.7 Å². The topological polar surface area (TPSA) is 62.8 Å². The van der Waals surface area contributed by atoms with E-state index in [4.69, 9.17) is 5.73 Å². The van der Waals surface area contributed by atoms with Crippen molar-refractivity contribution < 1.29 is 0 Å². The summed E-state index contributed by atoms with van der Waals surface area (Å²) in [5.74, 6) is 0.684. The largest absolute Gasteiger partial charge is 0.403 e. The van der Waals surface area contributed by atoms with E-state index in [0.29, 0.717) is 5.84 Å². The van der Waals surface area contributed by atoms with Crippen molar-refractivity contribution in [3.8, 4) is 0 Å². The van der Waals surface area contributed by atoms with Gasteiger partial charge in [0.1, 0.15) is 0 Å². The SMILES string of the molecule is C/C=C1/NC=N/C1=N/C(=C\N)C(C)(C)C. The molecular weight excluding hydrogens is 188 g/mol. The summed E-state index contributed by atoms with van der Waals surface area (Å²) in [7, 11) is 0. The van der Waals surface area contributed by atoms with Gasteiger partial charge in [-0.05, 0) is 6.92 Å². The van der Waals surface area contributed by atoms with Gasteiger partial charge in [0.05, 0.1) is 17.7 Å².